The highest BCUT2D eigenvalue weighted by Gasteiger charge is 2.29. The predicted molar refractivity (Wildman–Crippen MR) is 113 cm³/mol. The summed E-state index contributed by atoms with van der Waals surface area (Å²) in [7, 11) is 0. The number of nitrogens with one attached hydrogen (secondary N) is 3. The van der Waals surface area contributed by atoms with Crippen LogP contribution in [0.25, 0.3) is 0 Å². The zero-order valence-electron chi connectivity index (χ0n) is 17.0. The van der Waals surface area contributed by atoms with Gasteiger partial charge in [0.15, 0.2) is 0 Å². The van der Waals surface area contributed by atoms with Gasteiger partial charge in [-0.2, -0.15) is 0 Å². The largest absolute Gasteiger partial charge is 0.348 e. The van der Waals surface area contributed by atoms with E-state index in [0.717, 1.165) is 24.1 Å². The molecule has 6 nitrogen and oxygen atoms in total. The maximum Gasteiger partial charge on any atom is 0.251 e. The fourth-order valence-corrected chi connectivity index (χ4v) is 2.69. The first kappa shape index (κ1) is 20.6. The molecule has 3 N–H and O–H groups in total. The van der Waals surface area contributed by atoms with Gasteiger partial charge in [-0.05, 0) is 48.7 Å². The Bertz CT molecular complexity index is 927. The van der Waals surface area contributed by atoms with Crippen LogP contribution in [-0.4, -0.2) is 17.7 Å². The molecule has 0 atom stereocenters. The van der Waals surface area contributed by atoms with Crippen molar-refractivity contribution in [2.75, 3.05) is 10.6 Å². The monoisotopic (exact) mass is 393 g/mol. The van der Waals surface area contributed by atoms with Gasteiger partial charge in [-0.1, -0.05) is 39.0 Å². The molecule has 3 amide bonds. The molecule has 0 radical (unpaired) electrons. The number of benzene rings is 2. The summed E-state index contributed by atoms with van der Waals surface area (Å²) in [6.45, 7) is 5.84. The summed E-state index contributed by atoms with van der Waals surface area (Å²) in [5, 5.41) is 8.62. The molecular weight excluding hydrogens is 366 g/mol. The molecule has 0 spiro atoms. The van der Waals surface area contributed by atoms with Gasteiger partial charge in [0.1, 0.15) is 0 Å². The SMILES string of the molecule is CC(C)(C)C(=O)Nc1cccc(C(=O)NCc2cccc(NC(=O)C3CC3)c2)c1. The van der Waals surface area contributed by atoms with Crippen molar-refractivity contribution in [3.8, 4) is 0 Å². The zero-order chi connectivity index (χ0) is 21.0. The first-order chi connectivity index (χ1) is 13.7. The quantitative estimate of drug-likeness (QED) is 0.694. The van der Waals surface area contributed by atoms with E-state index in [1.165, 1.54) is 0 Å². The highest BCUT2D eigenvalue weighted by Crippen LogP contribution is 2.30. The third-order valence-electron chi connectivity index (χ3n) is 4.66. The normalized spacial score (nSPS) is 13.5. The standard InChI is InChI=1S/C23H27N3O3/c1-23(2,3)22(29)26-19-9-5-7-17(13-19)20(27)24-14-15-6-4-8-18(12-15)25-21(28)16-10-11-16/h4-9,12-13,16H,10-11,14H2,1-3H3,(H,24,27)(H,25,28)(H,26,29). The van der Waals surface area contributed by atoms with Gasteiger partial charge in [0, 0.05) is 34.8 Å². The summed E-state index contributed by atoms with van der Waals surface area (Å²) in [6, 6.07) is 14.3. The molecule has 1 aliphatic carbocycles. The smallest absolute Gasteiger partial charge is 0.251 e. The van der Waals surface area contributed by atoms with Gasteiger partial charge in [-0.3, -0.25) is 14.4 Å². The second kappa shape index (κ2) is 8.47. The van der Waals surface area contributed by atoms with E-state index in [9.17, 15) is 14.4 Å². The summed E-state index contributed by atoms with van der Waals surface area (Å²) in [5.74, 6) is -0.144. The molecule has 0 bridgehead atoms. The number of hydrogen-bond donors (Lipinski definition) is 3. The lowest BCUT2D eigenvalue weighted by Gasteiger charge is -2.18. The summed E-state index contributed by atoms with van der Waals surface area (Å²) in [6.07, 6.45) is 1.91. The van der Waals surface area contributed by atoms with Crippen LogP contribution in [0, 0.1) is 11.3 Å². The van der Waals surface area contributed by atoms with E-state index in [2.05, 4.69) is 16.0 Å². The van der Waals surface area contributed by atoms with Gasteiger partial charge in [0.25, 0.3) is 5.91 Å². The van der Waals surface area contributed by atoms with Crippen LogP contribution in [0.4, 0.5) is 11.4 Å². The van der Waals surface area contributed by atoms with Gasteiger partial charge >= 0.3 is 0 Å². The fraction of sp³-hybridized carbons (Fsp3) is 0.348. The minimum atomic E-state index is -0.516. The van der Waals surface area contributed by atoms with E-state index in [1.54, 1.807) is 24.3 Å². The summed E-state index contributed by atoms with van der Waals surface area (Å²) < 4.78 is 0. The van der Waals surface area contributed by atoms with Crippen molar-refractivity contribution in [3.05, 3.63) is 59.7 Å². The van der Waals surface area contributed by atoms with Crippen LogP contribution >= 0.6 is 0 Å². The highest BCUT2D eigenvalue weighted by atomic mass is 16.2. The lowest BCUT2D eigenvalue weighted by molar-refractivity contribution is -0.123. The molecule has 1 aliphatic rings. The molecule has 0 unspecified atom stereocenters. The molecule has 0 aliphatic heterocycles. The van der Waals surface area contributed by atoms with Gasteiger partial charge in [-0.15, -0.1) is 0 Å². The van der Waals surface area contributed by atoms with Gasteiger partial charge in [0.2, 0.25) is 11.8 Å². The first-order valence-electron chi connectivity index (χ1n) is 9.82. The molecule has 0 aromatic heterocycles. The molecule has 0 heterocycles. The maximum absolute atomic E-state index is 12.5. The molecule has 152 valence electrons. The molecule has 3 rings (SSSR count). The minimum Gasteiger partial charge on any atom is -0.348 e. The van der Waals surface area contributed by atoms with Crippen LogP contribution in [-0.2, 0) is 16.1 Å². The average molecular weight is 393 g/mol. The lowest BCUT2D eigenvalue weighted by Crippen LogP contribution is -2.28. The van der Waals surface area contributed by atoms with E-state index >= 15 is 0 Å². The van der Waals surface area contributed by atoms with Crippen molar-refractivity contribution in [3.63, 3.8) is 0 Å². The van der Waals surface area contributed by atoms with E-state index < -0.39 is 5.41 Å². The number of hydrogen-bond acceptors (Lipinski definition) is 3. The number of rotatable bonds is 6. The van der Waals surface area contributed by atoms with Gasteiger partial charge in [0.05, 0.1) is 0 Å². The van der Waals surface area contributed by atoms with Gasteiger partial charge in [-0.25, -0.2) is 0 Å². The van der Waals surface area contributed by atoms with Crippen molar-refractivity contribution < 1.29 is 14.4 Å². The Balaban J connectivity index is 1.58. The van der Waals surface area contributed by atoms with Gasteiger partial charge < -0.3 is 16.0 Å². The molecular formula is C23H27N3O3. The van der Waals surface area contributed by atoms with Crippen LogP contribution in [0.5, 0.6) is 0 Å². The van der Waals surface area contributed by atoms with Crippen LogP contribution in [0.3, 0.4) is 0 Å². The average Bonchev–Trinajstić information content (AvgIpc) is 3.51. The second-order valence-electron chi connectivity index (χ2n) is 8.43. The number of anilines is 2. The molecule has 1 fully saturated rings. The van der Waals surface area contributed by atoms with Crippen LogP contribution < -0.4 is 16.0 Å². The molecule has 2 aromatic carbocycles. The molecule has 2 aromatic rings. The number of carbonyl (C=O) groups excluding carboxylic acids is 3. The van der Waals surface area contributed by atoms with Crippen molar-refractivity contribution >= 4 is 29.1 Å². The highest BCUT2D eigenvalue weighted by molar-refractivity contribution is 5.98. The Morgan fingerprint density at radius 3 is 2.24 bits per heavy atom. The van der Waals surface area contributed by atoms with E-state index in [4.69, 9.17) is 0 Å². The number of carbonyl (C=O) groups is 3. The third-order valence-corrected chi connectivity index (χ3v) is 4.66. The first-order valence-corrected chi connectivity index (χ1v) is 9.82. The summed E-state index contributed by atoms with van der Waals surface area (Å²) in [4.78, 5) is 36.6. The van der Waals surface area contributed by atoms with Crippen molar-refractivity contribution in [2.24, 2.45) is 11.3 Å². The van der Waals surface area contributed by atoms with Crippen molar-refractivity contribution in [1.29, 1.82) is 0 Å². The third kappa shape index (κ3) is 5.91. The zero-order valence-corrected chi connectivity index (χ0v) is 17.0. The summed E-state index contributed by atoms with van der Waals surface area (Å²) in [5.41, 5.74) is 2.17. The molecule has 1 saturated carbocycles. The lowest BCUT2D eigenvalue weighted by atomic mass is 9.95. The van der Waals surface area contributed by atoms with Crippen molar-refractivity contribution in [2.45, 2.75) is 40.2 Å². The molecule has 6 heteroatoms. The second-order valence-corrected chi connectivity index (χ2v) is 8.43. The Morgan fingerprint density at radius 1 is 0.931 bits per heavy atom. The van der Waals surface area contributed by atoms with Crippen molar-refractivity contribution in [1.82, 2.24) is 5.32 Å². The fourth-order valence-electron chi connectivity index (χ4n) is 2.69. The minimum absolute atomic E-state index is 0.0558. The topological polar surface area (TPSA) is 87.3 Å². The van der Waals surface area contributed by atoms with E-state index in [1.807, 2.05) is 45.0 Å². The summed E-state index contributed by atoms with van der Waals surface area (Å²) >= 11 is 0. The van der Waals surface area contributed by atoms with E-state index in [-0.39, 0.29) is 23.6 Å². The maximum atomic E-state index is 12.5. The number of amides is 3. The Morgan fingerprint density at radius 2 is 1.59 bits per heavy atom. The Kier molecular flexibility index (Phi) is 6.01. The van der Waals surface area contributed by atoms with Crippen LogP contribution in [0.15, 0.2) is 48.5 Å². The predicted octanol–water partition coefficient (Wildman–Crippen LogP) is 3.95. The molecule has 29 heavy (non-hydrogen) atoms. The Hall–Kier alpha value is -3.15. The van der Waals surface area contributed by atoms with E-state index in [0.29, 0.717) is 17.8 Å². The molecule has 0 saturated heterocycles. The van der Waals surface area contributed by atoms with Crippen LogP contribution in [0.1, 0.15) is 49.5 Å². The Labute approximate surface area is 171 Å². The van der Waals surface area contributed by atoms with Crippen LogP contribution in [0.2, 0.25) is 0 Å².